The standard InChI is InChI=1S/C27H28N4O5/c1-13(2)21(25(33)28-14(3)27(35)36)30-24(32)20-12-18-15-8-6-7-11-19(15)29-22(18)23-16-9-4-5-10-17(16)26(34)31(20)23/h4-11,13-14,20-21,23,29H,12H2,1-3H3,(H,28,33)(H,30,32)(H,35,36)/t14-,20-,21-,23?/m0/s1. The number of fused-ring (bicyclic) bond motifs is 7. The minimum atomic E-state index is -1.17. The molecule has 0 saturated carbocycles. The molecule has 1 unspecified atom stereocenters. The van der Waals surface area contributed by atoms with Crippen molar-refractivity contribution in [2.75, 3.05) is 0 Å². The Labute approximate surface area is 207 Å². The fourth-order valence-electron chi connectivity index (χ4n) is 5.29. The molecule has 2 aromatic carbocycles. The Hall–Kier alpha value is -4.14. The average molecular weight is 489 g/mol. The molecule has 9 nitrogen and oxygen atoms in total. The zero-order valence-electron chi connectivity index (χ0n) is 20.2. The van der Waals surface area contributed by atoms with Crippen LogP contribution in [0.25, 0.3) is 10.9 Å². The summed E-state index contributed by atoms with van der Waals surface area (Å²) in [7, 11) is 0. The summed E-state index contributed by atoms with van der Waals surface area (Å²) >= 11 is 0. The van der Waals surface area contributed by atoms with E-state index in [0.29, 0.717) is 12.0 Å². The molecule has 0 spiro atoms. The maximum atomic E-state index is 13.7. The first kappa shape index (κ1) is 23.6. The number of para-hydroxylation sites is 1. The molecule has 186 valence electrons. The van der Waals surface area contributed by atoms with Gasteiger partial charge in [-0.3, -0.25) is 19.2 Å². The molecule has 2 aliphatic heterocycles. The summed E-state index contributed by atoms with van der Waals surface area (Å²) in [4.78, 5) is 56.4. The van der Waals surface area contributed by atoms with Crippen molar-refractivity contribution in [3.63, 3.8) is 0 Å². The second-order valence-corrected chi connectivity index (χ2v) is 9.78. The molecule has 1 aromatic heterocycles. The molecule has 4 atom stereocenters. The summed E-state index contributed by atoms with van der Waals surface area (Å²) in [5, 5.41) is 15.4. The number of nitrogens with one attached hydrogen (secondary N) is 3. The van der Waals surface area contributed by atoms with Crippen LogP contribution in [0.4, 0.5) is 0 Å². The molecular weight excluding hydrogens is 460 g/mol. The molecule has 3 aromatic rings. The fourth-order valence-corrected chi connectivity index (χ4v) is 5.29. The predicted molar refractivity (Wildman–Crippen MR) is 132 cm³/mol. The number of amides is 3. The molecule has 3 amide bonds. The van der Waals surface area contributed by atoms with Gasteiger partial charge in [-0.05, 0) is 36.1 Å². The number of carboxylic acid groups (broad SMARTS) is 1. The summed E-state index contributed by atoms with van der Waals surface area (Å²) in [5.41, 5.74) is 4.19. The van der Waals surface area contributed by atoms with Gasteiger partial charge in [-0.1, -0.05) is 50.2 Å². The molecule has 0 aliphatic carbocycles. The predicted octanol–water partition coefficient (Wildman–Crippen LogP) is 2.37. The number of carbonyl (C=O) groups is 4. The van der Waals surface area contributed by atoms with Gasteiger partial charge in [0, 0.05) is 28.6 Å². The van der Waals surface area contributed by atoms with Crippen molar-refractivity contribution in [3.8, 4) is 0 Å². The van der Waals surface area contributed by atoms with Gasteiger partial charge in [0.05, 0.1) is 6.04 Å². The molecule has 0 bridgehead atoms. The Balaban J connectivity index is 1.52. The van der Waals surface area contributed by atoms with Gasteiger partial charge in [0.25, 0.3) is 5.91 Å². The quantitative estimate of drug-likeness (QED) is 0.423. The molecule has 5 rings (SSSR count). The first-order valence-corrected chi connectivity index (χ1v) is 12.0. The number of aromatic amines is 1. The van der Waals surface area contributed by atoms with Gasteiger partial charge in [-0.25, -0.2) is 0 Å². The lowest BCUT2D eigenvalue weighted by Crippen LogP contribution is -2.58. The van der Waals surface area contributed by atoms with Crippen LogP contribution in [-0.2, 0) is 20.8 Å². The molecule has 0 fully saturated rings. The molecule has 0 saturated heterocycles. The van der Waals surface area contributed by atoms with Gasteiger partial charge < -0.3 is 25.6 Å². The van der Waals surface area contributed by atoms with Crippen molar-refractivity contribution in [3.05, 3.63) is 70.9 Å². The first-order valence-electron chi connectivity index (χ1n) is 12.0. The number of hydrogen-bond donors (Lipinski definition) is 4. The van der Waals surface area contributed by atoms with Crippen LogP contribution in [0.1, 0.15) is 54.0 Å². The number of aliphatic carboxylic acids is 1. The zero-order valence-corrected chi connectivity index (χ0v) is 20.2. The lowest BCUT2D eigenvalue weighted by atomic mass is 9.89. The van der Waals surface area contributed by atoms with E-state index in [1.54, 1.807) is 30.9 Å². The van der Waals surface area contributed by atoms with Gasteiger partial charge >= 0.3 is 5.97 Å². The van der Waals surface area contributed by atoms with Crippen LogP contribution in [0.2, 0.25) is 0 Å². The number of carboxylic acids is 1. The maximum absolute atomic E-state index is 13.7. The van der Waals surface area contributed by atoms with Crippen molar-refractivity contribution < 1.29 is 24.3 Å². The normalized spacial score (nSPS) is 19.9. The topological polar surface area (TPSA) is 132 Å². The first-order chi connectivity index (χ1) is 17.2. The Morgan fingerprint density at radius 3 is 2.44 bits per heavy atom. The van der Waals surface area contributed by atoms with Crippen LogP contribution in [0.15, 0.2) is 48.5 Å². The van der Waals surface area contributed by atoms with Gasteiger partial charge in [0.15, 0.2) is 0 Å². The Morgan fingerprint density at radius 2 is 1.72 bits per heavy atom. The number of benzene rings is 2. The third-order valence-corrected chi connectivity index (χ3v) is 7.13. The molecule has 3 heterocycles. The summed E-state index contributed by atoms with van der Waals surface area (Å²) in [6, 6.07) is 11.9. The largest absolute Gasteiger partial charge is 0.480 e. The van der Waals surface area contributed by atoms with E-state index in [2.05, 4.69) is 15.6 Å². The summed E-state index contributed by atoms with van der Waals surface area (Å²) in [5.74, 6) is -2.73. The third kappa shape index (κ3) is 3.71. The van der Waals surface area contributed by atoms with Crippen molar-refractivity contribution >= 4 is 34.6 Å². The number of H-pyrrole nitrogens is 1. The number of rotatable bonds is 6. The van der Waals surface area contributed by atoms with Crippen LogP contribution in [0.5, 0.6) is 0 Å². The van der Waals surface area contributed by atoms with Crippen LogP contribution >= 0.6 is 0 Å². The van der Waals surface area contributed by atoms with Crippen LogP contribution in [-0.4, -0.2) is 56.8 Å². The van der Waals surface area contributed by atoms with E-state index in [9.17, 15) is 19.2 Å². The SMILES string of the molecule is CC(C)[C@H](NC(=O)[C@@H]1Cc2c([nH]c3ccccc23)C2c3ccccc3C(=O)N21)C(=O)N[C@@H](C)C(=O)O. The lowest BCUT2D eigenvalue weighted by molar-refractivity contribution is -0.142. The second kappa shape index (κ2) is 8.82. The van der Waals surface area contributed by atoms with E-state index >= 15 is 0 Å². The number of aromatic nitrogens is 1. The highest BCUT2D eigenvalue weighted by molar-refractivity contribution is 6.04. The summed E-state index contributed by atoms with van der Waals surface area (Å²) in [6.45, 7) is 4.91. The van der Waals surface area contributed by atoms with Crippen molar-refractivity contribution in [2.24, 2.45) is 5.92 Å². The highest BCUT2D eigenvalue weighted by Crippen LogP contribution is 2.46. The minimum absolute atomic E-state index is 0.231. The maximum Gasteiger partial charge on any atom is 0.325 e. The Bertz CT molecular complexity index is 1390. The Morgan fingerprint density at radius 1 is 1.03 bits per heavy atom. The highest BCUT2D eigenvalue weighted by atomic mass is 16.4. The van der Waals surface area contributed by atoms with E-state index < -0.39 is 42.0 Å². The number of carbonyl (C=O) groups excluding carboxylic acids is 3. The van der Waals surface area contributed by atoms with E-state index in [-0.39, 0.29) is 11.8 Å². The van der Waals surface area contributed by atoms with Crippen LogP contribution in [0.3, 0.4) is 0 Å². The van der Waals surface area contributed by atoms with E-state index in [4.69, 9.17) is 5.11 Å². The highest BCUT2D eigenvalue weighted by Gasteiger charge is 2.49. The molecule has 0 radical (unpaired) electrons. The Kier molecular flexibility index (Phi) is 5.78. The van der Waals surface area contributed by atoms with Crippen molar-refractivity contribution in [1.29, 1.82) is 0 Å². The van der Waals surface area contributed by atoms with Crippen molar-refractivity contribution in [2.45, 2.75) is 51.4 Å². The van der Waals surface area contributed by atoms with E-state index in [0.717, 1.165) is 27.7 Å². The zero-order chi connectivity index (χ0) is 25.7. The van der Waals surface area contributed by atoms with Crippen LogP contribution < -0.4 is 10.6 Å². The van der Waals surface area contributed by atoms with E-state index in [1.807, 2.05) is 36.4 Å². The van der Waals surface area contributed by atoms with Crippen LogP contribution in [0, 0.1) is 5.92 Å². The molecular formula is C27H28N4O5. The third-order valence-electron chi connectivity index (χ3n) is 7.13. The molecule has 4 N–H and O–H groups in total. The van der Waals surface area contributed by atoms with Gasteiger partial charge in [0.1, 0.15) is 18.1 Å². The summed E-state index contributed by atoms with van der Waals surface area (Å²) in [6.07, 6.45) is 0.291. The molecule has 9 heteroatoms. The monoisotopic (exact) mass is 488 g/mol. The van der Waals surface area contributed by atoms with E-state index in [1.165, 1.54) is 6.92 Å². The lowest BCUT2D eigenvalue weighted by Gasteiger charge is -2.38. The average Bonchev–Trinajstić information content (AvgIpc) is 3.37. The fraction of sp³-hybridized carbons (Fsp3) is 0.333. The second-order valence-electron chi connectivity index (χ2n) is 9.78. The van der Waals surface area contributed by atoms with Crippen molar-refractivity contribution in [1.82, 2.24) is 20.5 Å². The number of nitrogens with zero attached hydrogens (tertiary/aromatic N) is 1. The summed E-state index contributed by atoms with van der Waals surface area (Å²) < 4.78 is 0. The van der Waals surface area contributed by atoms with Gasteiger partial charge in [0.2, 0.25) is 11.8 Å². The number of hydrogen-bond acceptors (Lipinski definition) is 4. The van der Waals surface area contributed by atoms with Gasteiger partial charge in [-0.15, -0.1) is 0 Å². The smallest absolute Gasteiger partial charge is 0.325 e. The minimum Gasteiger partial charge on any atom is -0.480 e. The molecule has 36 heavy (non-hydrogen) atoms. The van der Waals surface area contributed by atoms with Gasteiger partial charge in [-0.2, -0.15) is 0 Å². The molecule has 2 aliphatic rings.